The first-order chi connectivity index (χ1) is 16.9. The van der Waals surface area contributed by atoms with E-state index in [0.717, 1.165) is 58.5 Å². The van der Waals surface area contributed by atoms with Gasteiger partial charge in [-0.05, 0) is 57.4 Å². The third kappa shape index (κ3) is 4.94. The molecule has 1 aliphatic rings. The lowest BCUT2D eigenvalue weighted by molar-refractivity contribution is -0.123. The predicted molar refractivity (Wildman–Crippen MR) is 143 cm³/mol. The number of H-pyrrole nitrogens is 1. The van der Waals surface area contributed by atoms with Crippen LogP contribution in [-0.4, -0.2) is 46.3 Å². The number of hydrogen-bond acceptors (Lipinski definition) is 5. The minimum Gasteiger partial charge on any atom is -0.354 e. The van der Waals surface area contributed by atoms with Crippen LogP contribution in [0.25, 0.3) is 21.8 Å². The van der Waals surface area contributed by atoms with Crippen molar-refractivity contribution in [2.75, 3.05) is 30.3 Å². The van der Waals surface area contributed by atoms with E-state index in [0.29, 0.717) is 11.7 Å². The molecule has 2 aromatic carbocycles. The van der Waals surface area contributed by atoms with Crippen LogP contribution in [0.2, 0.25) is 0 Å². The summed E-state index contributed by atoms with van der Waals surface area (Å²) in [5.41, 5.74) is 5.20. The van der Waals surface area contributed by atoms with Gasteiger partial charge in [-0.3, -0.25) is 14.5 Å². The number of thiazole rings is 1. The van der Waals surface area contributed by atoms with Gasteiger partial charge < -0.3 is 15.6 Å². The van der Waals surface area contributed by atoms with Crippen LogP contribution in [0, 0.1) is 19.8 Å². The third-order valence-electron chi connectivity index (χ3n) is 6.89. The van der Waals surface area contributed by atoms with Gasteiger partial charge in [0.1, 0.15) is 0 Å². The normalized spacial score (nSPS) is 16.6. The molecule has 7 nitrogen and oxygen atoms in total. The lowest BCUT2D eigenvalue weighted by Crippen LogP contribution is -2.43. The highest BCUT2D eigenvalue weighted by atomic mass is 32.1. The second kappa shape index (κ2) is 9.79. The average Bonchev–Trinajstić information content (AvgIpc) is 3.37. The molecule has 182 valence electrons. The topological polar surface area (TPSA) is 90.1 Å². The quantitative estimate of drug-likeness (QED) is 0.345. The van der Waals surface area contributed by atoms with E-state index < -0.39 is 0 Å². The Morgan fingerprint density at radius 2 is 2.03 bits per heavy atom. The summed E-state index contributed by atoms with van der Waals surface area (Å²) >= 11 is 1.49. The van der Waals surface area contributed by atoms with Gasteiger partial charge in [0, 0.05) is 38.9 Å². The van der Waals surface area contributed by atoms with Crippen LogP contribution in [0.3, 0.4) is 0 Å². The number of likely N-dealkylation sites (tertiary alicyclic amines) is 1. The summed E-state index contributed by atoms with van der Waals surface area (Å²) < 4.78 is 0. The third-order valence-corrected chi connectivity index (χ3v) is 7.88. The zero-order chi connectivity index (χ0) is 24.5. The van der Waals surface area contributed by atoms with Gasteiger partial charge in [0.05, 0.1) is 18.2 Å². The maximum Gasteiger partial charge on any atom is 0.240 e. The first-order valence-corrected chi connectivity index (χ1v) is 13.0. The first kappa shape index (κ1) is 23.5. The summed E-state index contributed by atoms with van der Waals surface area (Å²) in [4.78, 5) is 36.7. The fourth-order valence-electron chi connectivity index (χ4n) is 4.91. The SMILES string of the molecule is CCc1cccc2c1[nH]c1cc(NC(=O)C3CCCN(CC(=O)Nc4nc(C)c(C)s4)C3)ccc12. The fourth-order valence-corrected chi connectivity index (χ4v) is 5.74. The summed E-state index contributed by atoms with van der Waals surface area (Å²) in [6.07, 6.45) is 2.68. The molecule has 35 heavy (non-hydrogen) atoms. The van der Waals surface area contributed by atoms with Gasteiger partial charge >= 0.3 is 0 Å². The maximum absolute atomic E-state index is 13.1. The second-order valence-electron chi connectivity index (χ2n) is 9.35. The Hall–Kier alpha value is -3.23. The van der Waals surface area contributed by atoms with Gasteiger partial charge in [0.2, 0.25) is 11.8 Å². The second-order valence-corrected chi connectivity index (χ2v) is 10.6. The van der Waals surface area contributed by atoms with Crippen LogP contribution in [-0.2, 0) is 16.0 Å². The highest BCUT2D eigenvalue weighted by Gasteiger charge is 2.27. The molecule has 1 atom stereocenters. The number of benzene rings is 2. The fraction of sp³-hybridized carbons (Fsp3) is 0.370. The molecule has 0 saturated carbocycles. The van der Waals surface area contributed by atoms with Crippen LogP contribution in [0.15, 0.2) is 36.4 Å². The van der Waals surface area contributed by atoms with E-state index >= 15 is 0 Å². The van der Waals surface area contributed by atoms with Crippen molar-refractivity contribution >= 4 is 55.8 Å². The molecule has 3 N–H and O–H groups in total. The number of fused-ring (bicyclic) bond motifs is 3. The Labute approximate surface area is 208 Å². The molecule has 1 unspecified atom stereocenters. The minimum atomic E-state index is -0.147. The van der Waals surface area contributed by atoms with Crippen LogP contribution < -0.4 is 10.6 Å². The molecule has 0 bridgehead atoms. The number of rotatable bonds is 6. The predicted octanol–water partition coefficient (Wildman–Crippen LogP) is 5.25. The molecular weight excluding hydrogens is 458 g/mol. The molecule has 2 amide bonds. The van der Waals surface area contributed by atoms with E-state index in [4.69, 9.17) is 0 Å². The lowest BCUT2D eigenvalue weighted by atomic mass is 9.97. The van der Waals surface area contributed by atoms with Crippen LogP contribution in [0.4, 0.5) is 10.8 Å². The van der Waals surface area contributed by atoms with E-state index in [1.807, 2.05) is 26.0 Å². The number of carbonyl (C=O) groups excluding carboxylic acids is 2. The van der Waals surface area contributed by atoms with Crippen molar-refractivity contribution in [3.8, 4) is 0 Å². The number of piperidine rings is 1. The Morgan fingerprint density at radius 1 is 1.17 bits per heavy atom. The van der Waals surface area contributed by atoms with E-state index in [9.17, 15) is 9.59 Å². The summed E-state index contributed by atoms with van der Waals surface area (Å²) in [5.74, 6) is -0.229. The molecule has 3 heterocycles. The Bertz CT molecular complexity index is 1390. The average molecular weight is 490 g/mol. The van der Waals surface area contributed by atoms with E-state index in [1.54, 1.807) is 0 Å². The van der Waals surface area contributed by atoms with Crippen molar-refractivity contribution in [3.05, 3.63) is 52.5 Å². The standard InChI is InChI=1S/C27H31N5O2S/c1-4-18-7-5-9-22-21-11-10-20(13-23(21)30-25(18)22)29-26(34)19-8-6-12-32(14-19)15-24(33)31-27-28-16(2)17(3)35-27/h5,7,9-11,13,19,30H,4,6,8,12,14-15H2,1-3H3,(H,29,34)(H,28,31,33). The Balaban J connectivity index is 1.23. The van der Waals surface area contributed by atoms with Gasteiger partial charge in [-0.15, -0.1) is 11.3 Å². The summed E-state index contributed by atoms with van der Waals surface area (Å²) in [6.45, 7) is 7.74. The van der Waals surface area contributed by atoms with Gasteiger partial charge in [-0.25, -0.2) is 4.98 Å². The zero-order valence-corrected chi connectivity index (χ0v) is 21.2. The van der Waals surface area contributed by atoms with Crippen LogP contribution >= 0.6 is 11.3 Å². The molecule has 8 heteroatoms. The summed E-state index contributed by atoms with van der Waals surface area (Å²) in [5, 5.41) is 9.00. The molecule has 1 saturated heterocycles. The van der Waals surface area contributed by atoms with Gasteiger partial charge in [-0.2, -0.15) is 0 Å². The number of aromatic amines is 1. The number of carbonyl (C=O) groups is 2. The van der Waals surface area contributed by atoms with Gasteiger partial charge in [0.15, 0.2) is 5.13 Å². The Morgan fingerprint density at radius 3 is 2.80 bits per heavy atom. The van der Waals surface area contributed by atoms with Crippen molar-refractivity contribution in [1.29, 1.82) is 0 Å². The number of amides is 2. The molecular formula is C27H31N5O2S. The van der Waals surface area contributed by atoms with Crippen LogP contribution in [0.5, 0.6) is 0 Å². The van der Waals surface area contributed by atoms with Crippen molar-refractivity contribution in [1.82, 2.24) is 14.9 Å². The molecule has 0 spiro atoms. The zero-order valence-electron chi connectivity index (χ0n) is 20.4. The largest absolute Gasteiger partial charge is 0.354 e. The molecule has 0 aliphatic carbocycles. The minimum absolute atomic E-state index is 0.00555. The van der Waals surface area contributed by atoms with Crippen LogP contribution in [0.1, 0.15) is 35.9 Å². The van der Waals surface area contributed by atoms with E-state index in [1.165, 1.54) is 22.3 Å². The highest BCUT2D eigenvalue weighted by Crippen LogP contribution is 2.30. The van der Waals surface area contributed by atoms with Crippen molar-refractivity contribution < 1.29 is 9.59 Å². The maximum atomic E-state index is 13.1. The van der Waals surface area contributed by atoms with Crippen molar-refractivity contribution in [2.24, 2.45) is 5.92 Å². The molecule has 4 aromatic rings. The Kier molecular flexibility index (Phi) is 6.58. The smallest absolute Gasteiger partial charge is 0.240 e. The van der Waals surface area contributed by atoms with Crippen molar-refractivity contribution in [2.45, 2.75) is 40.0 Å². The molecule has 1 aliphatic heterocycles. The number of hydrogen-bond donors (Lipinski definition) is 3. The van der Waals surface area contributed by atoms with Gasteiger partial charge in [0.25, 0.3) is 0 Å². The highest BCUT2D eigenvalue weighted by molar-refractivity contribution is 7.15. The first-order valence-electron chi connectivity index (χ1n) is 12.2. The molecule has 0 radical (unpaired) electrons. The van der Waals surface area contributed by atoms with E-state index in [-0.39, 0.29) is 24.3 Å². The molecule has 2 aromatic heterocycles. The number of nitrogens with one attached hydrogen (secondary N) is 3. The monoisotopic (exact) mass is 489 g/mol. The van der Waals surface area contributed by atoms with Gasteiger partial charge in [-0.1, -0.05) is 31.2 Å². The molecule has 1 fully saturated rings. The molecule has 5 rings (SSSR count). The summed E-state index contributed by atoms with van der Waals surface area (Å²) in [7, 11) is 0. The summed E-state index contributed by atoms with van der Waals surface area (Å²) in [6, 6.07) is 12.4. The lowest BCUT2D eigenvalue weighted by Gasteiger charge is -2.31. The number of aromatic nitrogens is 2. The van der Waals surface area contributed by atoms with Crippen molar-refractivity contribution in [3.63, 3.8) is 0 Å². The number of anilines is 2. The van der Waals surface area contributed by atoms with E-state index in [2.05, 4.69) is 56.7 Å². The number of nitrogens with zero attached hydrogens (tertiary/aromatic N) is 2. The number of para-hydroxylation sites is 1. The number of aryl methyl sites for hydroxylation is 3.